The number of piperidine rings is 1. The van der Waals surface area contributed by atoms with Gasteiger partial charge >= 0.3 is 0 Å². The van der Waals surface area contributed by atoms with E-state index in [0.29, 0.717) is 25.8 Å². The van der Waals surface area contributed by atoms with Crippen LogP contribution in [-0.4, -0.2) is 38.8 Å². The third-order valence-electron chi connectivity index (χ3n) is 2.84. The number of hydrogen-bond acceptors (Lipinski definition) is 4. The molecule has 4 nitrogen and oxygen atoms in total. The van der Waals surface area contributed by atoms with Crippen LogP contribution in [0.15, 0.2) is 0 Å². The molecule has 1 atom stereocenters. The van der Waals surface area contributed by atoms with Gasteiger partial charge in [0.05, 0.1) is 5.75 Å². The van der Waals surface area contributed by atoms with Crippen molar-refractivity contribution in [2.24, 2.45) is 5.92 Å². The average molecular weight is 233 g/mol. The lowest BCUT2D eigenvalue weighted by molar-refractivity contribution is -0.124. The fourth-order valence-corrected chi connectivity index (χ4v) is 2.66. The fraction of sp³-hybridized carbons (Fsp3) is 0.900. The highest BCUT2D eigenvalue weighted by molar-refractivity contribution is 7.91. The minimum Gasteiger partial charge on any atom is -0.316 e. The number of carbonyl (C=O) groups is 1. The van der Waals surface area contributed by atoms with Gasteiger partial charge in [-0.15, -0.1) is 0 Å². The van der Waals surface area contributed by atoms with E-state index >= 15 is 0 Å². The highest BCUT2D eigenvalue weighted by Crippen LogP contribution is 2.13. The molecule has 0 amide bonds. The van der Waals surface area contributed by atoms with Crippen LogP contribution in [0.2, 0.25) is 0 Å². The Morgan fingerprint density at radius 3 is 2.80 bits per heavy atom. The van der Waals surface area contributed by atoms with Gasteiger partial charge in [0.15, 0.2) is 0 Å². The molecule has 0 aromatic carbocycles. The lowest BCUT2D eigenvalue weighted by Gasteiger charge is -2.21. The summed E-state index contributed by atoms with van der Waals surface area (Å²) in [5.74, 6) is 0.727. The van der Waals surface area contributed by atoms with Crippen molar-refractivity contribution in [3.8, 4) is 0 Å². The summed E-state index contributed by atoms with van der Waals surface area (Å²) in [6, 6.07) is 0. The van der Waals surface area contributed by atoms with Gasteiger partial charge in [-0.2, -0.15) is 0 Å². The van der Waals surface area contributed by atoms with Crippen molar-refractivity contribution in [3.05, 3.63) is 0 Å². The zero-order chi connectivity index (χ0) is 11.3. The minimum atomic E-state index is -2.87. The van der Waals surface area contributed by atoms with Crippen LogP contribution in [0.1, 0.15) is 26.2 Å². The molecule has 88 valence electrons. The van der Waals surface area contributed by atoms with Crippen LogP contribution in [0.3, 0.4) is 0 Å². The molecule has 1 saturated heterocycles. The molecular formula is C10H19NO3S. The Morgan fingerprint density at radius 1 is 1.47 bits per heavy atom. The molecule has 0 radical (unpaired) electrons. The smallest absolute Gasteiger partial charge is 0.150 e. The molecule has 1 heterocycles. The summed E-state index contributed by atoms with van der Waals surface area (Å²) in [7, 11) is -2.87. The van der Waals surface area contributed by atoms with Gasteiger partial charge in [-0.05, 0) is 12.8 Å². The van der Waals surface area contributed by atoms with E-state index in [-0.39, 0.29) is 23.2 Å². The minimum absolute atomic E-state index is 0.0332. The SMILES string of the molecule is CCS(=O)(=O)CCCC1CNCCC1=O. The Balaban J connectivity index is 2.28. The maximum atomic E-state index is 11.4. The van der Waals surface area contributed by atoms with Crippen molar-refractivity contribution in [1.82, 2.24) is 5.32 Å². The van der Waals surface area contributed by atoms with Crippen LogP contribution >= 0.6 is 0 Å². The number of hydrogen-bond donors (Lipinski definition) is 1. The van der Waals surface area contributed by atoms with E-state index in [2.05, 4.69) is 5.32 Å². The van der Waals surface area contributed by atoms with E-state index in [1.807, 2.05) is 0 Å². The van der Waals surface area contributed by atoms with E-state index in [4.69, 9.17) is 0 Å². The zero-order valence-corrected chi connectivity index (χ0v) is 9.98. The number of ketones is 1. The normalized spacial score (nSPS) is 23.0. The van der Waals surface area contributed by atoms with Crippen molar-refractivity contribution < 1.29 is 13.2 Å². The molecule has 0 spiro atoms. The Bertz CT molecular complexity index is 311. The second-order valence-electron chi connectivity index (χ2n) is 4.00. The van der Waals surface area contributed by atoms with Crippen molar-refractivity contribution >= 4 is 15.6 Å². The third-order valence-corrected chi connectivity index (χ3v) is 4.63. The van der Waals surface area contributed by atoms with E-state index in [0.717, 1.165) is 6.54 Å². The molecular weight excluding hydrogens is 214 g/mol. The molecule has 0 bridgehead atoms. The summed E-state index contributed by atoms with van der Waals surface area (Å²) >= 11 is 0. The summed E-state index contributed by atoms with van der Waals surface area (Å²) in [5.41, 5.74) is 0. The van der Waals surface area contributed by atoms with Crippen LogP contribution < -0.4 is 5.32 Å². The Labute approximate surface area is 91.4 Å². The summed E-state index contributed by atoms with van der Waals surface area (Å²) in [6.45, 7) is 3.14. The van der Waals surface area contributed by atoms with Gasteiger partial charge in [0.2, 0.25) is 0 Å². The van der Waals surface area contributed by atoms with Gasteiger partial charge in [-0.1, -0.05) is 6.92 Å². The molecule has 0 saturated carbocycles. The van der Waals surface area contributed by atoms with Crippen LogP contribution in [-0.2, 0) is 14.6 Å². The lowest BCUT2D eigenvalue weighted by Crippen LogP contribution is -2.37. The van der Waals surface area contributed by atoms with Gasteiger partial charge < -0.3 is 5.32 Å². The monoisotopic (exact) mass is 233 g/mol. The number of carbonyl (C=O) groups excluding carboxylic acids is 1. The number of sulfone groups is 1. The molecule has 1 rings (SSSR count). The van der Waals surface area contributed by atoms with Crippen LogP contribution in [0, 0.1) is 5.92 Å². The van der Waals surface area contributed by atoms with E-state index < -0.39 is 9.84 Å². The molecule has 0 aromatic heterocycles. The highest BCUT2D eigenvalue weighted by Gasteiger charge is 2.21. The van der Waals surface area contributed by atoms with E-state index in [9.17, 15) is 13.2 Å². The summed E-state index contributed by atoms with van der Waals surface area (Å²) in [5, 5.41) is 3.16. The second kappa shape index (κ2) is 5.61. The van der Waals surface area contributed by atoms with Crippen LogP contribution in [0.5, 0.6) is 0 Å². The second-order valence-corrected chi connectivity index (χ2v) is 6.47. The van der Waals surface area contributed by atoms with Crippen LogP contribution in [0.25, 0.3) is 0 Å². The molecule has 1 aliphatic rings. The Morgan fingerprint density at radius 2 is 2.20 bits per heavy atom. The summed E-state index contributed by atoms with van der Waals surface area (Å²) in [6.07, 6.45) is 1.89. The number of rotatable bonds is 5. The Hall–Kier alpha value is -0.420. The maximum Gasteiger partial charge on any atom is 0.150 e. The van der Waals surface area contributed by atoms with Gasteiger partial charge in [-0.25, -0.2) is 8.42 Å². The van der Waals surface area contributed by atoms with Crippen molar-refractivity contribution in [1.29, 1.82) is 0 Å². The lowest BCUT2D eigenvalue weighted by atomic mass is 9.94. The molecule has 1 unspecified atom stereocenters. The topological polar surface area (TPSA) is 63.2 Å². The third kappa shape index (κ3) is 4.30. The number of Topliss-reactive ketones (excluding diaryl/α,β-unsaturated/α-hetero) is 1. The number of nitrogens with one attached hydrogen (secondary N) is 1. The first-order valence-electron chi connectivity index (χ1n) is 5.49. The molecule has 5 heteroatoms. The van der Waals surface area contributed by atoms with Gasteiger partial charge in [0.1, 0.15) is 15.6 Å². The molecule has 1 N–H and O–H groups in total. The summed E-state index contributed by atoms with van der Waals surface area (Å²) < 4.78 is 22.4. The molecule has 0 aliphatic carbocycles. The standard InChI is InChI=1S/C10H19NO3S/c1-2-15(13,14)7-3-4-9-8-11-6-5-10(9)12/h9,11H,2-8H2,1H3. The van der Waals surface area contributed by atoms with Crippen LogP contribution in [0.4, 0.5) is 0 Å². The first kappa shape index (κ1) is 12.6. The van der Waals surface area contributed by atoms with Crippen molar-refractivity contribution in [2.75, 3.05) is 24.6 Å². The van der Waals surface area contributed by atoms with Gasteiger partial charge in [0, 0.05) is 31.2 Å². The van der Waals surface area contributed by atoms with Crippen molar-refractivity contribution in [2.45, 2.75) is 26.2 Å². The van der Waals surface area contributed by atoms with Crippen molar-refractivity contribution in [3.63, 3.8) is 0 Å². The van der Waals surface area contributed by atoms with E-state index in [1.54, 1.807) is 6.92 Å². The fourth-order valence-electron chi connectivity index (χ4n) is 1.76. The summed E-state index contributed by atoms with van der Waals surface area (Å²) in [4.78, 5) is 11.4. The average Bonchev–Trinajstić information content (AvgIpc) is 2.21. The maximum absolute atomic E-state index is 11.4. The first-order valence-corrected chi connectivity index (χ1v) is 7.31. The highest BCUT2D eigenvalue weighted by atomic mass is 32.2. The molecule has 1 fully saturated rings. The Kier molecular flexibility index (Phi) is 4.73. The van der Waals surface area contributed by atoms with Gasteiger partial charge in [-0.3, -0.25) is 4.79 Å². The first-order chi connectivity index (χ1) is 7.05. The predicted molar refractivity (Wildman–Crippen MR) is 59.5 cm³/mol. The largest absolute Gasteiger partial charge is 0.316 e. The molecule has 15 heavy (non-hydrogen) atoms. The predicted octanol–water partition coefficient (Wildman–Crippen LogP) is 0.380. The van der Waals surface area contributed by atoms with E-state index in [1.165, 1.54) is 0 Å². The zero-order valence-electron chi connectivity index (χ0n) is 9.16. The molecule has 1 aliphatic heterocycles. The van der Waals surface area contributed by atoms with Gasteiger partial charge in [0.25, 0.3) is 0 Å². The molecule has 0 aromatic rings. The quantitative estimate of drug-likeness (QED) is 0.745.